The van der Waals surface area contributed by atoms with Gasteiger partial charge in [0.15, 0.2) is 0 Å². The van der Waals surface area contributed by atoms with Gasteiger partial charge < -0.3 is 14.9 Å². The van der Waals surface area contributed by atoms with Crippen molar-refractivity contribution in [2.24, 2.45) is 0 Å². The number of aliphatic hydroxyl groups is 1. The average molecular weight is 125 g/mol. The van der Waals surface area contributed by atoms with Crippen LogP contribution in [0.5, 0.6) is 0 Å². The fourth-order valence-corrected chi connectivity index (χ4v) is 0.557. The van der Waals surface area contributed by atoms with Gasteiger partial charge in [-0.1, -0.05) is 0 Å². The van der Waals surface area contributed by atoms with Crippen molar-refractivity contribution in [3.05, 3.63) is 23.7 Å². The third-order valence-electron chi connectivity index (χ3n) is 0.981. The number of hydrogen-bond donors (Lipinski definition) is 2. The van der Waals surface area contributed by atoms with Crippen LogP contribution in [-0.4, -0.2) is 11.3 Å². The van der Waals surface area contributed by atoms with E-state index in [1.165, 1.54) is 0 Å². The largest absolute Gasteiger partial charge is 0.458 e. The Balaban J connectivity index is 2.86. The molecule has 0 aliphatic carbocycles. The second-order valence-electron chi connectivity index (χ2n) is 1.61. The van der Waals surface area contributed by atoms with E-state index in [0.29, 0.717) is 11.5 Å². The van der Waals surface area contributed by atoms with Crippen LogP contribution in [0.2, 0.25) is 0 Å². The van der Waals surface area contributed by atoms with Gasteiger partial charge in [0.05, 0.1) is 6.21 Å². The molecule has 1 heterocycles. The van der Waals surface area contributed by atoms with E-state index in [9.17, 15) is 0 Å². The summed E-state index contributed by atoms with van der Waals surface area (Å²) in [6, 6.07) is 3.28. The summed E-state index contributed by atoms with van der Waals surface area (Å²) < 4.78 is 4.89. The first-order chi connectivity index (χ1) is 4.36. The Hall–Kier alpha value is -1.09. The molecule has 0 aliphatic heterocycles. The van der Waals surface area contributed by atoms with Gasteiger partial charge in [0.2, 0.25) is 0 Å². The highest BCUT2D eigenvalue weighted by Gasteiger charge is 1.94. The maximum atomic E-state index is 8.48. The fourth-order valence-electron chi connectivity index (χ4n) is 0.557. The van der Waals surface area contributed by atoms with E-state index < -0.39 is 0 Å². The summed E-state index contributed by atoms with van der Waals surface area (Å²) in [6.07, 6.45) is 1.10. The highest BCUT2D eigenvalue weighted by Crippen LogP contribution is 2.03. The van der Waals surface area contributed by atoms with Gasteiger partial charge >= 0.3 is 0 Å². The lowest BCUT2D eigenvalue weighted by molar-refractivity contribution is 0.247. The number of nitrogens with one attached hydrogen (secondary N) is 1. The van der Waals surface area contributed by atoms with Crippen molar-refractivity contribution in [2.75, 3.05) is 0 Å². The fraction of sp³-hybridized carbons (Fsp3) is 0.167. The van der Waals surface area contributed by atoms with Crippen molar-refractivity contribution in [1.29, 1.82) is 5.41 Å². The van der Waals surface area contributed by atoms with Gasteiger partial charge in [-0.15, -0.1) is 0 Å². The van der Waals surface area contributed by atoms with Gasteiger partial charge in [-0.05, 0) is 12.1 Å². The van der Waals surface area contributed by atoms with Gasteiger partial charge in [0.25, 0.3) is 0 Å². The first-order valence-electron chi connectivity index (χ1n) is 2.57. The van der Waals surface area contributed by atoms with Crippen LogP contribution in [0.4, 0.5) is 0 Å². The maximum Gasteiger partial charge on any atom is 0.144 e. The predicted octanol–water partition coefficient (Wildman–Crippen LogP) is 0.770. The number of aliphatic hydroxyl groups excluding tert-OH is 1. The SMILES string of the molecule is N=Cc1ccc(CO)o1. The van der Waals surface area contributed by atoms with Crippen molar-refractivity contribution < 1.29 is 9.52 Å². The summed E-state index contributed by atoms with van der Waals surface area (Å²) in [5.74, 6) is 0.965. The first-order valence-corrected chi connectivity index (χ1v) is 2.57. The van der Waals surface area contributed by atoms with E-state index in [1.807, 2.05) is 0 Å². The van der Waals surface area contributed by atoms with E-state index >= 15 is 0 Å². The minimum absolute atomic E-state index is 0.103. The lowest BCUT2D eigenvalue weighted by Gasteiger charge is -1.83. The molecule has 1 aromatic rings. The van der Waals surface area contributed by atoms with Gasteiger partial charge in [-0.3, -0.25) is 0 Å². The molecule has 0 atom stereocenters. The second kappa shape index (κ2) is 2.46. The second-order valence-corrected chi connectivity index (χ2v) is 1.61. The summed E-state index contributed by atoms with van der Waals surface area (Å²) in [5.41, 5.74) is 0. The lowest BCUT2D eigenvalue weighted by Crippen LogP contribution is -1.74. The van der Waals surface area contributed by atoms with Crippen LogP contribution in [0.3, 0.4) is 0 Å². The zero-order valence-electron chi connectivity index (χ0n) is 4.79. The van der Waals surface area contributed by atoms with Crippen LogP contribution in [0, 0.1) is 5.41 Å². The summed E-state index contributed by atoms with van der Waals surface area (Å²) >= 11 is 0. The van der Waals surface area contributed by atoms with Crippen molar-refractivity contribution in [2.45, 2.75) is 6.61 Å². The van der Waals surface area contributed by atoms with Gasteiger partial charge in [0.1, 0.15) is 18.1 Å². The third kappa shape index (κ3) is 1.17. The molecular formula is C6H7NO2. The monoisotopic (exact) mass is 125 g/mol. The maximum absolute atomic E-state index is 8.48. The van der Waals surface area contributed by atoms with E-state index in [1.54, 1.807) is 12.1 Å². The molecule has 0 amide bonds. The molecule has 1 rings (SSSR count). The Kier molecular flexibility index (Phi) is 1.65. The normalized spacial score (nSPS) is 9.44. The number of furan rings is 1. The molecule has 0 unspecified atom stereocenters. The van der Waals surface area contributed by atoms with E-state index in [0.717, 1.165) is 6.21 Å². The van der Waals surface area contributed by atoms with Crippen LogP contribution < -0.4 is 0 Å². The van der Waals surface area contributed by atoms with Crippen LogP contribution in [0.25, 0.3) is 0 Å². The topological polar surface area (TPSA) is 57.2 Å². The lowest BCUT2D eigenvalue weighted by atomic mass is 10.4. The van der Waals surface area contributed by atoms with Crippen molar-refractivity contribution in [3.63, 3.8) is 0 Å². The van der Waals surface area contributed by atoms with Gasteiger partial charge in [-0.2, -0.15) is 0 Å². The molecule has 1 aromatic heterocycles. The van der Waals surface area contributed by atoms with Crippen molar-refractivity contribution in [1.82, 2.24) is 0 Å². The Labute approximate surface area is 52.4 Å². The number of hydrogen-bond acceptors (Lipinski definition) is 3. The molecule has 0 aliphatic rings. The standard InChI is InChI=1S/C6H7NO2/c7-3-5-1-2-6(4-8)9-5/h1-3,7-8H,4H2. The highest BCUT2D eigenvalue weighted by molar-refractivity contribution is 5.72. The van der Waals surface area contributed by atoms with E-state index in [4.69, 9.17) is 14.9 Å². The van der Waals surface area contributed by atoms with Gasteiger partial charge in [-0.25, -0.2) is 0 Å². The molecule has 0 spiro atoms. The molecule has 0 saturated carbocycles. The molecule has 48 valence electrons. The number of rotatable bonds is 2. The molecule has 0 bridgehead atoms. The molecule has 0 saturated heterocycles. The Bertz CT molecular complexity index is 205. The molecular weight excluding hydrogens is 118 g/mol. The predicted molar refractivity (Wildman–Crippen MR) is 32.5 cm³/mol. The minimum atomic E-state index is -0.103. The zero-order valence-corrected chi connectivity index (χ0v) is 4.79. The van der Waals surface area contributed by atoms with Crippen LogP contribution >= 0.6 is 0 Å². The van der Waals surface area contributed by atoms with Crippen LogP contribution in [-0.2, 0) is 6.61 Å². The van der Waals surface area contributed by atoms with Crippen LogP contribution in [0.1, 0.15) is 11.5 Å². The Morgan fingerprint density at radius 1 is 1.67 bits per heavy atom. The summed E-state index contributed by atoms with van der Waals surface area (Å²) in [5, 5.41) is 15.2. The summed E-state index contributed by atoms with van der Waals surface area (Å²) in [7, 11) is 0. The quantitative estimate of drug-likeness (QED) is 0.573. The molecule has 0 fully saturated rings. The zero-order chi connectivity index (χ0) is 6.69. The molecule has 3 heteroatoms. The molecule has 2 N–H and O–H groups in total. The van der Waals surface area contributed by atoms with Crippen molar-refractivity contribution in [3.8, 4) is 0 Å². The molecule has 0 radical (unpaired) electrons. The highest BCUT2D eigenvalue weighted by atomic mass is 16.4. The molecule has 0 aromatic carbocycles. The average Bonchev–Trinajstić information content (AvgIpc) is 2.34. The first kappa shape index (κ1) is 6.04. The minimum Gasteiger partial charge on any atom is -0.458 e. The van der Waals surface area contributed by atoms with Crippen LogP contribution in [0.15, 0.2) is 16.5 Å². The third-order valence-corrected chi connectivity index (χ3v) is 0.981. The van der Waals surface area contributed by atoms with E-state index in [2.05, 4.69) is 0 Å². The molecule has 9 heavy (non-hydrogen) atoms. The van der Waals surface area contributed by atoms with E-state index in [-0.39, 0.29) is 6.61 Å². The smallest absolute Gasteiger partial charge is 0.144 e. The van der Waals surface area contributed by atoms with Gasteiger partial charge in [0, 0.05) is 0 Å². The summed E-state index contributed by atoms with van der Waals surface area (Å²) in [6.45, 7) is -0.103. The van der Waals surface area contributed by atoms with Crippen molar-refractivity contribution >= 4 is 6.21 Å². The Morgan fingerprint density at radius 3 is 2.78 bits per heavy atom. The molecule has 3 nitrogen and oxygen atoms in total. The summed E-state index contributed by atoms with van der Waals surface area (Å²) in [4.78, 5) is 0. The Morgan fingerprint density at radius 2 is 2.44 bits per heavy atom.